The Hall–Kier alpha value is -1.94. The molecule has 3 nitrogen and oxygen atoms in total. The molecule has 0 spiro atoms. The average molecular weight is 324 g/mol. The fraction of sp³-hybridized carbons (Fsp3) is 0.333. The summed E-state index contributed by atoms with van der Waals surface area (Å²) in [6.45, 7) is 6.21. The minimum absolute atomic E-state index is 0.0361. The lowest BCUT2D eigenvalue weighted by molar-refractivity contribution is -0.105. The molecule has 2 atom stereocenters. The van der Waals surface area contributed by atoms with Crippen molar-refractivity contribution in [2.24, 2.45) is 0 Å². The molecule has 0 radical (unpaired) electrons. The van der Waals surface area contributed by atoms with Gasteiger partial charge in [0.15, 0.2) is 0 Å². The maximum atomic E-state index is 6.12. The molecule has 3 rings (SSSR count). The second kappa shape index (κ2) is 8.25. The Balaban J connectivity index is 1.56. The smallest absolute Gasteiger partial charge is 0.135 e. The normalized spacial score (nSPS) is 23.2. The molecule has 0 bridgehead atoms. The summed E-state index contributed by atoms with van der Waals surface area (Å²) < 4.78 is 18.0. The van der Waals surface area contributed by atoms with E-state index in [0.29, 0.717) is 26.4 Å². The van der Waals surface area contributed by atoms with Crippen LogP contribution in [-0.2, 0) is 27.4 Å². The summed E-state index contributed by atoms with van der Waals surface area (Å²) in [6, 6.07) is 20.3. The number of hydrogen-bond donors (Lipinski definition) is 0. The van der Waals surface area contributed by atoms with E-state index in [-0.39, 0.29) is 6.10 Å². The molecule has 1 saturated heterocycles. The van der Waals surface area contributed by atoms with Gasteiger partial charge in [0.1, 0.15) is 5.60 Å². The van der Waals surface area contributed by atoms with Crippen molar-refractivity contribution in [3.63, 3.8) is 0 Å². The maximum Gasteiger partial charge on any atom is 0.135 e. The summed E-state index contributed by atoms with van der Waals surface area (Å²) in [4.78, 5) is 0. The SMILES string of the molecule is C=C[C@]1(COCc2ccccc2)OCC[C@@H]1OCc1ccccc1. The van der Waals surface area contributed by atoms with Crippen LogP contribution in [0, 0.1) is 0 Å². The van der Waals surface area contributed by atoms with Crippen LogP contribution in [0.2, 0.25) is 0 Å². The third-order valence-electron chi connectivity index (χ3n) is 4.37. The fourth-order valence-electron chi connectivity index (χ4n) is 2.98. The lowest BCUT2D eigenvalue weighted by Crippen LogP contribution is -2.43. The standard InChI is InChI=1S/C21H24O3/c1-2-21(17-22-15-18-9-5-3-6-10-18)20(13-14-24-21)23-16-19-11-7-4-8-12-19/h2-12,20H,1,13-17H2/t20-,21+/m0/s1. The van der Waals surface area contributed by atoms with Gasteiger partial charge in [-0.15, -0.1) is 6.58 Å². The maximum absolute atomic E-state index is 6.12. The highest BCUT2D eigenvalue weighted by molar-refractivity contribution is 5.15. The Kier molecular flexibility index (Phi) is 5.81. The van der Waals surface area contributed by atoms with E-state index in [1.807, 2.05) is 42.5 Å². The van der Waals surface area contributed by atoms with Crippen molar-refractivity contribution in [2.45, 2.75) is 31.3 Å². The Bertz CT molecular complexity index is 626. The number of ether oxygens (including phenoxy) is 3. The van der Waals surface area contributed by atoms with Gasteiger partial charge in [0.25, 0.3) is 0 Å². The molecule has 126 valence electrons. The first-order valence-corrected chi connectivity index (χ1v) is 8.37. The molecule has 2 aromatic carbocycles. The van der Waals surface area contributed by atoms with E-state index >= 15 is 0 Å². The second-order valence-corrected chi connectivity index (χ2v) is 6.06. The van der Waals surface area contributed by atoms with Crippen molar-refractivity contribution in [2.75, 3.05) is 13.2 Å². The summed E-state index contributed by atoms with van der Waals surface area (Å²) in [6.07, 6.45) is 2.65. The third-order valence-corrected chi connectivity index (χ3v) is 4.37. The molecular weight excluding hydrogens is 300 g/mol. The number of hydrogen-bond acceptors (Lipinski definition) is 3. The molecule has 3 heteroatoms. The Labute approximate surface area is 143 Å². The molecule has 2 aromatic rings. The van der Waals surface area contributed by atoms with Crippen LogP contribution in [0.5, 0.6) is 0 Å². The van der Waals surface area contributed by atoms with Crippen molar-refractivity contribution in [3.8, 4) is 0 Å². The molecule has 0 saturated carbocycles. The first kappa shape index (κ1) is 16.9. The summed E-state index contributed by atoms with van der Waals surface area (Å²) in [5, 5.41) is 0. The third kappa shape index (κ3) is 4.12. The summed E-state index contributed by atoms with van der Waals surface area (Å²) in [7, 11) is 0. The van der Waals surface area contributed by atoms with Gasteiger partial charge in [-0.3, -0.25) is 0 Å². The van der Waals surface area contributed by atoms with Gasteiger partial charge in [-0.05, 0) is 11.1 Å². The van der Waals surface area contributed by atoms with Crippen molar-refractivity contribution in [1.29, 1.82) is 0 Å². The first-order valence-electron chi connectivity index (χ1n) is 8.37. The zero-order chi connectivity index (χ0) is 16.7. The first-order chi connectivity index (χ1) is 11.8. The minimum atomic E-state index is -0.566. The lowest BCUT2D eigenvalue weighted by atomic mass is 9.97. The van der Waals surface area contributed by atoms with Gasteiger partial charge in [0.05, 0.1) is 32.5 Å². The monoisotopic (exact) mass is 324 g/mol. The molecule has 1 aliphatic heterocycles. The number of benzene rings is 2. The molecule has 1 aliphatic rings. The van der Waals surface area contributed by atoms with Crippen LogP contribution < -0.4 is 0 Å². The van der Waals surface area contributed by atoms with Gasteiger partial charge in [-0.2, -0.15) is 0 Å². The molecule has 1 heterocycles. The second-order valence-electron chi connectivity index (χ2n) is 6.06. The van der Waals surface area contributed by atoms with Gasteiger partial charge in [0.2, 0.25) is 0 Å². The van der Waals surface area contributed by atoms with Crippen LogP contribution in [0.3, 0.4) is 0 Å². The fourth-order valence-corrected chi connectivity index (χ4v) is 2.98. The van der Waals surface area contributed by atoms with Crippen molar-refractivity contribution < 1.29 is 14.2 Å². The zero-order valence-corrected chi connectivity index (χ0v) is 13.9. The Morgan fingerprint density at radius 3 is 2.25 bits per heavy atom. The Morgan fingerprint density at radius 1 is 1.00 bits per heavy atom. The van der Waals surface area contributed by atoms with Crippen LogP contribution in [-0.4, -0.2) is 24.9 Å². The van der Waals surface area contributed by atoms with E-state index in [1.54, 1.807) is 0 Å². The van der Waals surface area contributed by atoms with Crippen LogP contribution in [0.1, 0.15) is 17.5 Å². The average Bonchev–Trinajstić information content (AvgIpc) is 3.05. The summed E-state index contributed by atoms with van der Waals surface area (Å²) in [5.41, 5.74) is 1.74. The van der Waals surface area contributed by atoms with E-state index in [4.69, 9.17) is 14.2 Å². The molecule has 0 aromatic heterocycles. The topological polar surface area (TPSA) is 27.7 Å². The van der Waals surface area contributed by atoms with Crippen LogP contribution in [0.4, 0.5) is 0 Å². The summed E-state index contributed by atoms with van der Waals surface area (Å²) >= 11 is 0. The highest BCUT2D eigenvalue weighted by Gasteiger charge is 2.43. The van der Waals surface area contributed by atoms with E-state index in [2.05, 4.69) is 30.8 Å². The largest absolute Gasteiger partial charge is 0.373 e. The molecule has 0 unspecified atom stereocenters. The van der Waals surface area contributed by atoms with E-state index in [9.17, 15) is 0 Å². The van der Waals surface area contributed by atoms with Crippen LogP contribution >= 0.6 is 0 Å². The molecule has 24 heavy (non-hydrogen) atoms. The predicted octanol–water partition coefficient (Wildman–Crippen LogP) is 4.13. The molecule has 0 N–H and O–H groups in total. The van der Waals surface area contributed by atoms with Crippen molar-refractivity contribution >= 4 is 0 Å². The van der Waals surface area contributed by atoms with E-state index < -0.39 is 5.60 Å². The minimum Gasteiger partial charge on any atom is -0.373 e. The molecule has 0 aliphatic carbocycles. The molecule has 1 fully saturated rings. The van der Waals surface area contributed by atoms with Gasteiger partial charge in [0, 0.05) is 6.42 Å². The van der Waals surface area contributed by atoms with Gasteiger partial charge >= 0.3 is 0 Å². The molecule has 0 amide bonds. The van der Waals surface area contributed by atoms with E-state index in [1.165, 1.54) is 0 Å². The predicted molar refractivity (Wildman–Crippen MR) is 94.6 cm³/mol. The van der Waals surface area contributed by atoms with E-state index in [0.717, 1.165) is 17.5 Å². The zero-order valence-electron chi connectivity index (χ0n) is 13.9. The number of rotatable bonds is 8. The highest BCUT2D eigenvalue weighted by atomic mass is 16.6. The highest BCUT2D eigenvalue weighted by Crippen LogP contribution is 2.31. The van der Waals surface area contributed by atoms with Crippen LogP contribution in [0.15, 0.2) is 73.3 Å². The quantitative estimate of drug-likeness (QED) is 0.683. The van der Waals surface area contributed by atoms with Gasteiger partial charge < -0.3 is 14.2 Å². The van der Waals surface area contributed by atoms with Gasteiger partial charge in [-0.1, -0.05) is 66.7 Å². The summed E-state index contributed by atoms with van der Waals surface area (Å²) in [5.74, 6) is 0. The van der Waals surface area contributed by atoms with Gasteiger partial charge in [-0.25, -0.2) is 0 Å². The van der Waals surface area contributed by atoms with Crippen molar-refractivity contribution in [3.05, 3.63) is 84.4 Å². The molecular formula is C21H24O3. The Morgan fingerprint density at radius 2 is 1.62 bits per heavy atom. The lowest BCUT2D eigenvalue weighted by Gasteiger charge is -2.31. The van der Waals surface area contributed by atoms with Crippen molar-refractivity contribution in [1.82, 2.24) is 0 Å². The van der Waals surface area contributed by atoms with Crippen LogP contribution in [0.25, 0.3) is 0 Å².